The molecule has 2 heterocycles. The third-order valence-electron chi connectivity index (χ3n) is 4.91. The minimum absolute atomic E-state index is 0.0899. The van der Waals surface area contributed by atoms with Gasteiger partial charge in [-0.15, -0.1) is 0 Å². The van der Waals surface area contributed by atoms with E-state index in [9.17, 15) is 19.7 Å². The highest BCUT2D eigenvalue weighted by Crippen LogP contribution is 2.29. The van der Waals surface area contributed by atoms with E-state index in [1.54, 1.807) is 54.9 Å². The van der Waals surface area contributed by atoms with Gasteiger partial charge in [-0.25, -0.2) is 9.78 Å². The number of methoxy groups -OCH3 is 1. The molecule has 0 saturated heterocycles. The lowest BCUT2D eigenvalue weighted by Gasteiger charge is -2.12. The average Bonchev–Trinajstić information content (AvgIpc) is 2.87. The molecule has 0 bridgehead atoms. The first kappa shape index (κ1) is 22.3. The van der Waals surface area contributed by atoms with E-state index in [1.807, 2.05) is 0 Å². The topological polar surface area (TPSA) is 134 Å². The number of nitro groups is 1. The highest BCUT2D eigenvalue weighted by atomic mass is 16.6. The highest BCUT2D eigenvalue weighted by Gasteiger charge is 2.18. The van der Waals surface area contributed by atoms with Crippen molar-refractivity contribution in [1.29, 1.82) is 0 Å². The Morgan fingerprint density at radius 2 is 1.82 bits per heavy atom. The van der Waals surface area contributed by atoms with Crippen LogP contribution in [0.3, 0.4) is 0 Å². The lowest BCUT2D eigenvalue weighted by atomic mass is 10.0. The number of rotatable bonds is 7. The normalized spacial score (nSPS) is 10.5. The number of benzene rings is 2. The number of carbonyl (C=O) groups is 2. The number of hydrogen-bond donors (Lipinski definition) is 1. The summed E-state index contributed by atoms with van der Waals surface area (Å²) >= 11 is 0. The van der Waals surface area contributed by atoms with Gasteiger partial charge in [0.15, 0.2) is 6.61 Å². The zero-order chi connectivity index (χ0) is 24.1. The van der Waals surface area contributed by atoms with Crippen LogP contribution in [0.15, 0.2) is 73.1 Å². The van der Waals surface area contributed by atoms with Crippen molar-refractivity contribution in [3.8, 4) is 17.0 Å². The summed E-state index contributed by atoms with van der Waals surface area (Å²) in [5, 5.41) is 14.1. The molecule has 34 heavy (non-hydrogen) atoms. The van der Waals surface area contributed by atoms with Crippen LogP contribution < -0.4 is 10.1 Å². The fraction of sp³-hybridized carbons (Fsp3) is 0.0833. The summed E-state index contributed by atoms with van der Waals surface area (Å²) in [6.07, 6.45) is 3.24. The van der Waals surface area contributed by atoms with Gasteiger partial charge in [0.25, 0.3) is 11.6 Å². The Hall–Kier alpha value is -4.86. The first-order chi connectivity index (χ1) is 16.5. The summed E-state index contributed by atoms with van der Waals surface area (Å²) in [6, 6.07) is 16.0. The number of hydrogen-bond acceptors (Lipinski definition) is 8. The molecule has 10 nitrogen and oxygen atoms in total. The molecule has 0 aliphatic heterocycles. The van der Waals surface area contributed by atoms with Gasteiger partial charge >= 0.3 is 5.97 Å². The van der Waals surface area contributed by atoms with Gasteiger partial charge in [-0.1, -0.05) is 18.2 Å². The summed E-state index contributed by atoms with van der Waals surface area (Å²) in [6.45, 7) is -0.605. The number of anilines is 1. The van der Waals surface area contributed by atoms with Crippen molar-refractivity contribution in [3.05, 3.63) is 88.7 Å². The monoisotopic (exact) mass is 458 g/mol. The number of nitro benzene ring substituents is 1. The van der Waals surface area contributed by atoms with Gasteiger partial charge in [-0.05, 0) is 30.3 Å². The van der Waals surface area contributed by atoms with Crippen molar-refractivity contribution in [3.63, 3.8) is 0 Å². The molecule has 0 aliphatic carbocycles. The van der Waals surface area contributed by atoms with Crippen LogP contribution in [0.4, 0.5) is 11.4 Å². The van der Waals surface area contributed by atoms with Gasteiger partial charge in [0, 0.05) is 35.5 Å². The molecule has 1 N–H and O–H groups in total. The Labute approximate surface area is 193 Å². The fourth-order valence-electron chi connectivity index (χ4n) is 3.32. The standard InChI is InChI=1S/C24H18N4O6/c1-33-22-7-6-16(28(31)32)12-21(22)27-23(29)14-34-24(30)18-13-20(15-8-10-25-11-9-15)26-19-5-3-2-4-17(18)19/h2-13H,14H2,1H3,(H,27,29). The van der Waals surface area contributed by atoms with Crippen LogP contribution in [0.5, 0.6) is 5.75 Å². The molecule has 0 unspecified atom stereocenters. The van der Waals surface area contributed by atoms with Crippen molar-refractivity contribution >= 4 is 34.2 Å². The van der Waals surface area contributed by atoms with E-state index in [0.717, 1.165) is 11.6 Å². The van der Waals surface area contributed by atoms with Crippen molar-refractivity contribution in [2.75, 3.05) is 19.0 Å². The number of amides is 1. The molecule has 0 spiro atoms. The molecule has 170 valence electrons. The molecule has 2 aromatic heterocycles. The molecular formula is C24H18N4O6. The number of nitrogens with one attached hydrogen (secondary N) is 1. The summed E-state index contributed by atoms with van der Waals surface area (Å²) < 4.78 is 10.4. The predicted octanol–water partition coefficient (Wildman–Crippen LogP) is 4.01. The van der Waals surface area contributed by atoms with E-state index in [2.05, 4.69) is 15.3 Å². The van der Waals surface area contributed by atoms with E-state index >= 15 is 0 Å². The van der Waals surface area contributed by atoms with E-state index in [0.29, 0.717) is 16.6 Å². The molecule has 1 amide bonds. The molecule has 0 fully saturated rings. The molecule has 0 radical (unpaired) electrons. The third kappa shape index (κ3) is 4.80. The Morgan fingerprint density at radius 3 is 2.56 bits per heavy atom. The SMILES string of the molecule is COc1ccc([N+](=O)[O-])cc1NC(=O)COC(=O)c1cc(-c2ccncc2)nc2ccccc12. The molecule has 4 rings (SSSR count). The van der Waals surface area contributed by atoms with Crippen LogP contribution in [-0.2, 0) is 9.53 Å². The second-order valence-corrected chi connectivity index (χ2v) is 7.07. The minimum atomic E-state index is -0.713. The molecule has 0 aliphatic rings. The Kier molecular flexibility index (Phi) is 6.40. The zero-order valence-corrected chi connectivity index (χ0v) is 17.9. The first-order valence-corrected chi connectivity index (χ1v) is 10.1. The maximum absolute atomic E-state index is 12.9. The highest BCUT2D eigenvalue weighted by molar-refractivity contribution is 6.05. The van der Waals surface area contributed by atoms with Crippen LogP contribution in [0.25, 0.3) is 22.2 Å². The van der Waals surface area contributed by atoms with Crippen molar-refractivity contribution < 1.29 is 24.0 Å². The number of ether oxygens (including phenoxy) is 2. The molecule has 0 atom stereocenters. The van der Waals surface area contributed by atoms with Gasteiger partial charge in [0.2, 0.25) is 0 Å². The van der Waals surface area contributed by atoms with Gasteiger partial charge < -0.3 is 14.8 Å². The predicted molar refractivity (Wildman–Crippen MR) is 124 cm³/mol. The number of non-ortho nitro benzene ring substituents is 1. The lowest BCUT2D eigenvalue weighted by Crippen LogP contribution is -2.21. The number of pyridine rings is 2. The van der Waals surface area contributed by atoms with Crippen LogP contribution >= 0.6 is 0 Å². The minimum Gasteiger partial charge on any atom is -0.495 e. The Bertz CT molecular complexity index is 1390. The number of para-hydroxylation sites is 1. The number of nitrogens with zero attached hydrogens (tertiary/aromatic N) is 3. The maximum Gasteiger partial charge on any atom is 0.339 e. The number of esters is 1. The summed E-state index contributed by atoms with van der Waals surface area (Å²) in [7, 11) is 1.37. The fourth-order valence-corrected chi connectivity index (χ4v) is 3.32. The van der Waals surface area contributed by atoms with Gasteiger partial charge in [-0.3, -0.25) is 19.9 Å². The maximum atomic E-state index is 12.9. The third-order valence-corrected chi connectivity index (χ3v) is 4.91. The van der Waals surface area contributed by atoms with E-state index in [-0.39, 0.29) is 22.7 Å². The Balaban J connectivity index is 1.54. The van der Waals surface area contributed by atoms with Crippen LogP contribution in [0.1, 0.15) is 10.4 Å². The second kappa shape index (κ2) is 9.74. The molecule has 2 aromatic carbocycles. The van der Waals surface area contributed by atoms with Gasteiger partial charge in [-0.2, -0.15) is 0 Å². The van der Waals surface area contributed by atoms with E-state index in [4.69, 9.17) is 9.47 Å². The Morgan fingerprint density at radius 1 is 1.06 bits per heavy atom. The molecular weight excluding hydrogens is 440 g/mol. The molecule has 4 aromatic rings. The van der Waals surface area contributed by atoms with Crippen LogP contribution in [0, 0.1) is 10.1 Å². The zero-order valence-electron chi connectivity index (χ0n) is 17.9. The molecule has 0 saturated carbocycles. The smallest absolute Gasteiger partial charge is 0.339 e. The van der Waals surface area contributed by atoms with Gasteiger partial charge in [0.05, 0.1) is 34.5 Å². The van der Waals surface area contributed by atoms with E-state index < -0.39 is 23.4 Å². The number of fused-ring (bicyclic) bond motifs is 1. The van der Waals surface area contributed by atoms with Crippen LogP contribution in [0.2, 0.25) is 0 Å². The van der Waals surface area contributed by atoms with Crippen molar-refractivity contribution in [2.45, 2.75) is 0 Å². The summed E-state index contributed by atoms with van der Waals surface area (Å²) in [5.74, 6) is -1.16. The molecule has 10 heteroatoms. The van der Waals surface area contributed by atoms with Crippen molar-refractivity contribution in [1.82, 2.24) is 9.97 Å². The average molecular weight is 458 g/mol. The largest absolute Gasteiger partial charge is 0.495 e. The lowest BCUT2D eigenvalue weighted by molar-refractivity contribution is -0.384. The van der Waals surface area contributed by atoms with Crippen LogP contribution in [-0.4, -0.2) is 40.5 Å². The quantitative estimate of drug-likeness (QED) is 0.249. The number of aromatic nitrogens is 2. The summed E-state index contributed by atoms with van der Waals surface area (Å²) in [5.41, 5.74) is 2.03. The van der Waals surface area contributed by atoms with E-state index in [1.165, 1.54) is 19.2 Å². The van der Waals surface area contributed by atoms with Gasteiger partial charge in [0.1, 0.15) is 5.75 Å². The second-order valence-electron chi connectivity index (χ2n) is 7.07. The first-order valence-electron chi connectivity index (χ1n) is 10.1. The number of carbonyl (C=O) groups excluding carboxylic acids is 2. The summed E-state index contributed by atoms with van der Waals surface area (Å²) in [4.78, 5) is 44.3. The van der Waals surface area contributed by atoms with Crippen molar-refractivity contribution in [2.24, 2.45) is 0 Å².